The predicted molar refractivity (Wildman–Crippen MR) is 109 cm³/mol. The molecule has 0 radical (unpaired) electrons. The number of fused-ring (bicyclic) bond motifs is 2. The Kier molecular flexibility index (Phi) is 4.06. The minimum Gasteiger partial charge on any atom is -0.340 e. The normalized spacial score (nSPS) is 24.3. The molecule has 1 fully saturated rings. The van der Waals surface area contributed by atoms with Crippen LogP contribution in [0.25, 0.3) is 15.9 Å². The molecule has 5 nitrogen and oxygen atoms in total. The van der Waals surface area contributed by atoms with Gasteiger partial charge in [0.25, 0.3) is 0 Å². The Morgan fingerprint density at radius 3 is 2.86 bits per heavy atom. The Morgan fingerprint density at radius 1 is 1.18 bits per heavy atom. The first-order valence-electron chi connectivity index (χ1n) is 9.77. The fourth-order valence-corrected chi connectivity index (χ4v) is 4.62. The smallest absolute Gasteiger partial charge is 0.207 e. The Bertz CT molecular complexity index is 1080. The number of alkyl halides is 1. The first-order chi connectivity index (χ1) is 13.7. The highest BCUT2D eigenvalue weighted by molar-refractivity contribution is 5.79. The third-order valence-electron chi connectivity index (χ3n) is 6.04. The van der Waals surface area contributed by atoms with Crippen LogP contribution in [0.3, 0.4) is 0 Å². The highest BCUT2D eigenvalue weighted by Gasteiger charge is 2.33. The molecule has 0 spiro atoms. The average molecular weight is 375 g/mol. The lowest BCUT2D eigenvalue weighted by molar-refractivity contribution is 0.243. The molecule has 2 aromatic carbocycles. The van der Waals surface area contributed by atoms with E-state index in [-0.39, 0.29) is 6.04 Å². The number of hydrogen-bond donors (Lipinski definition) is 1. The summed E-state index contributed by atoms with van der Waals surface area (Å²) < 4.78 is 16.2. The average Bonchev–Trinajstić information content (AvgIpc) is 3.30. The van der Waals surface area contributed by atoms with Crippen LogP contribution < -0.4 is 10.6 Å². The molecule has 1 aromatic heterocycles. The summed E-state index contributed by atoms with van der Waals surface area (Å²) in [6.45, 7) is 8.36. The molecule has 2 aliphatic rings. The zero-order valence-electron chi connectivity index (χ0n) is 15.6. The van der Waals surface area contributed by atoms with E-state index in [1.54, 1.807) is 0 Å². The van der Waals surface area contributed by atoms with Crippen LogP contribution in [0.5, 0.6) is 0 Å². The highest BCUT2D eigenvalue weighted by atomic mass is 19.1. The van der Waals surface area contributed by atoms with E-state index in [2.05, 4.69) is 26.4 Å². The quantitative estimate of drug-likeness (QED) is 0.689. The summed E-state index contributed by atoms with van der Waals surface area (Å²) in [5.74, 6) is 0.871. The SMILES string of the molecule is [C-]#[N+]c1ccc2c(c1)CC[C@@H]2n1c(N2CC[C@@H](F)[C@H](N)C2)nc2ccccc21. The zero-order valence-corrected chi connectivity index (χ0v) is 15.6. The number of halogens is 1. The number of aryl methyl sites for hydroxylation is 1. The Labute approximate surface area is 163 Å². The third kappa shape index (κ3) is 2.66. The molecule has 0 saturated carbocycles. The Balaban J connectivity index is 1.63. The van der Waals surface area contributed by atoms with Gasteiger partial charge in [0.2, 0.25) is 5.95 Å². The molecule has 3 aromatic rings. The van der Waals surface area contributed by atoms with Crippen molar-refractivity contribution in [2.24, 2.45) is 5.73 Å². The van der Waals surface area contributed by atoms with Crippen molar-refractivity contribution in [3.63, 3.8) is 0 Å². The summed E-state index contributed by atoms with van der Waals surface area (Å²) in [6.07, 6.45) is 1.39. The molecule has 142 valence electrons. The van der Waals surface area contributed by atoms with Crippen molar-refractivity contribution in [1.29, 1.82) is 0 Å². The molecule has 2 heterocycles. The molecule has 28 heavy (non-hydrogen) atoms. The lowest BCUT2D eigenvalue weighted by Crippen LogP contribution is -2.50. The van der Waals surface area contributed by atoms with E-state index >= 15 is 0 Å². The second kappa shape index (κ2) is 6.61. The van der Waals surface area contributed by atoms with E-state index in [0.717, 1.165) is 29.8 Å². The molecule has 2 N–H and O–H groups in total. The van der Waals surface area contributed by atoms with Gasteiger partial charge in [0, 0.05) is 13.1 Å². The molecule has 6 heteroatoms. The standard InChI is InChI=1S/C22H22FN5/c1-25-15-7-8-16-14(12-15)6-9-20(16)28-21-5-3-2-4-19(21)26-22(28)27-11-10-17(23)18(24)13-27/h2-5,7-8,12,17-18,20H,6,9-11,13,24H2/t17-,18-,20+/m1/s1. The first kappa shape index (κ1) is 17.2. The van der Waals surface area contributed by atoms with Crippen LogP contribution in [0.15, 0.2) is 42.5 Å². The van der Waals surface area contributed by atoms with Crippen molar-refractivity contribution in [3.8, 4) is 0 Å². The summed E-state index contributed by atoms with van der Waals surface area (Å²) in [4.78, 5) is 10.6. The number of imidazole rings is 1. The van der Waals surface area contributed by atoms with Crippen molar-refractivity contribution in [2.75, 3.05) is 18.0 Å². The minimum atomic E-state index is -0.951. The maximum absolute atomic E-state index is 13.9. The van der Waals surface area contributed by atoms with Crippen LogP contribution in [0.4, 0.5) is 16.0 Å². The molecule has 0 amide bonds. The topological polar surface area (TPSA) is 51.4 Å². The molecule has 1 aliphatic heterocycles. The van der Waals surface area contributed by atoms with Crippen LogP contribution in [0.2, 0.25) is 0 Å². The lowest BCUT2D eigenvalue weighted by atomic mass is 10.0. The summed E-state index contributed by atoms with van der Waals surface area (Å²) >= 11 is 0. The van der Waals surface area contributed by atoms with Gasteiger partial charge in [0.1, 0.15) is 6.17 Å². The van der Waals surface area contributed by atoms with Crippen molar-refractivity contribution < 1.29 is 4.39 Å². The molecular formula is C22H22FN5. The van der Waals surface area contributed by atoms with Crippen LogP contribution in [-0.4, -0.2) is 34.9 Å². The van der Waals surface area contributed by atoms with Crippen molar-refractivity contribution in [3.05, 3.63) is 65.0 Å². The summed E-state index contributed by atoms with van der Waals surface area (Å²) in [7, 11) is 0. The molecule has 5 rings (SSSR count). The summed E-state index contributed by atoms with van der Waals surface area (Å²) in [5, 5.41) is 0. The van der Waals surface area contributed by atoms with Crippen molar-refractivity contribution in [2.45, 2.75) is 37.5 Å². The molecule has 3 atom stereocenters. The molecule has 0 bridgehead atoms. The minimum absolute atomic E-state index is 0.163. The van der Waals surface area contributed by atoms with Gasteiger partial charge in [-0.05, 0) is 37.0 Å². The molecule has 1 saturated heterocycles. The van der Waals surface area contributed by atoms with Crippen molar-refractivity contribution >= 4 is 22.7 Å². The number of hydrogen-bond acceptors (Lipinski definition) is 3. The second-order valence-corrected chi connectivity index (χ2v) is 7.73. The van der Waals surface area contributed by atoms with Gasteiger partial charge in [0.15, 0.2) is 5.69 Å². The van der Waals surface area contributed by atoms with Gasteiger partial charge in [-0.15, -0.1) is 0 Å². The number of anilines is 1. The molecule has 1 aliphatic carbocycles. The third-order valence-corrected chi connectivity index (χ3v) is 6.04. The van der Waals surface area contributed by atoms with Crippen LogP contribution in [0.1, 0.15) is 30.0 Å². The number of para-hydroxylation sites is 2. The monoisotopic (exact) mass is 375 g/mol. The van der Waals surface area contributed by atoms with E-state index in [1.807, 2.05) is 30.3 Å². The number of rotatable bonds is 2. The van der Waals surface area contributed by atoms with Gasteiger partial charge < -0.3 is 15.2 Å². The second-order valence-electron chi connectivity index (χ2n) is 7.73. The van der Waals surface area contributed by atoms with Crippen molar-refractivity contribution in [1.82, 2.24) is 9.55 Å². The Morgan fingerprint density at radius 2 is 2.04 bits per heavy atom. The summed E-state index contributed by atoms with van der Waals surface area (Å²) in [6, 6.07) is 13.8. The largest absolute Gasteiger partial charge is 0.340 e. The maximum atomic E-state index is 13.9. The van der Waals surface area contributed by atoms with E-state index < -0.39 is 12.2 Å². The van der Waals surface area contributed by atoms with E-state index in [1.165, 1.54) is 11.1 Å². The Hall–Kier alpha value is -2.91. The van der Waals surface area contributed by atoms with E-state index in [9.17, 15) is 4.39 Å². The number of benzene rings is 2. The number of piperidine rings is 1. The fraction of sp³-hybridized carbons (Fsp3) is 0.364. The zero-order chi connectivity index (χ0) is 19.3. The number of nitrogens with zero attached hydrogens (tertiary/aromatic N) is 4. The van der Waals surface area contributed by atoms with Gasteiger partial charge in [-0.2, -0.15) is 0 Å². The fourth-order valence-electron chi connectivity index (χ4n) is 4.62. The number of nitrogens with two attached hydrogens (primary N) is 1. The van der Waals surface area contributed by atoms with Gasteiger partial charge in [-0.1, -0.05) is 35.9 Å². The lowest BCUT2D eigenvalue weighted by Gasteiger charge is -2.35. The van der Waals surface area contributed by atoms with Crippen LogP contribution in [-0.2, 0) is 6.42 Å². The first-order valence-corrected chi connectivity index (χ1v) is 9.77. The summed E-state index contributed by atoms with van der Waals surface area (Å²) in [5.41, 5.74) is 11.2. The van der Waals surface area contributed by atoms with Gasteiger partial charge in [0.05, 0.1) is 29.7 Å². The highest BCUT2D eigenvalue weighted by Crippen LogP contribution is 2.41. The van der Waals surface area contributed by atoms with E-state index in [4.69, 9.17) is 17.3 Å². The van der Waals surface area contributed by atoms with Crippen LogP contribution in [0, 0.1) is 6.57 Å². The van der Waals surface area contributed by atoms with E-state index in [0.29, 0.717) is 25.2 Å². The molecular weight excluding hydrogens is 353 g/mol. The molecule has 0 unspecified atom stereocenters. The maximum Gasteiger partial charge on any atom is 0.207 e. The van der Waals surface area contributed by atoms with Gasteiger partial charge >= 0.3 is 0 Å². The number of aromatic nitrogens is 2. The van der Waals surface area contributed by atoms with Crippen LogP contribution >= 0.6 is 0 Å². The van der Waals surface area contributed by atoms with Gasteiger partial charge in [-0.25, -0.2) is 14.2 Å². The predicted octanol–water partition coefficient (Wildman–Crippen LogP) is 4.00. The van der Waals surface area contributed by atoms with Gasteiger partial charge in [-0.3, -0.25) is 0 Å².